The van der Waals surface area contributed by atoms with Crippen molar-refractivity contribution in [1.82, 2.24) is 5.32 Å². The Balaban J connectivity index is 2.80. The minimum atomic E-state index is 0.257. The summed E-state index contributed by atoms with van der Waals surface area (Å²) in [4.78, 5) is 0. The summed E-state index contributed by atoms with van der Waals surface area (Å²) in [5.74, 6) is 5.63. The lowest BCUT2D eigenvalue weighted by atomic mass is 10.4. The fourth-order valence-corrected chi connectivity index (χ4v) is 0.443. The van der Waals surface area contributed by atoms with Crippen molar-refractivity contribution in [3.05, 3.63) is 0 Å². The molecular weight excluding hydrogens is 114 g/mol. The SMILES string of the molecule is CC#CCNCCCO. The molecule has 0 aromatic rings. The van der Waals surface area contributed by atoms with Crippen LogP contribution in [0.15, 0.2) is 0 Å². The summed E-state index contributed by atoms with van der Waals surface area (Å²) in [5.41, 5.74) is 0. The Morgan fingerprint density at radius 1 is 1.56 bits per heavy atom. The Morgan fingerprint density at radius 2 is 2.33 bits per heavy atom. The van der Waals surface area contributed by atoms with Crippen LogP contribution in [0.3, 0.4) is 0 Å². The van der Waals surface area contributed by atoms with Crippen molar-refractivity contribution in [3.8, 4) is 11.8 Å². The van der Waals surface area contributed by atoms with Gasteiger partial charge in [0.1, 0.15) is 0 Å². The van der Waals surface area contributed by atoms with Crippen LogP contribution in [0.5, 0.6) is 0 Å². The van der Waals surface area contributed by atoms with Gasteiger partial charge < -0.3 is 10.4 Å². The molecule has 0 spiro atoms. The molecule has 2 N–H and O–H groups in total. The van der Waals surface area contributed by atoms with Crippen LogP contribution in [-0.4, -0.2) is 24.8 Å². The first kappa shape index (κ1) is 8.48. The number of aliphatic hydroxyl groups is 1. The van der Waals surface area contributed by atoms with Gasteiger partial charge in [0.05, 0.1) is 6.54 Å². The van der Waals surface area contributed by atoms with Gasteiger partial charge in [-0.2, -0.15) is 0 Å². The number of hydrogen-bond acceptors (Lipinski definition) is 2. The van der Waals surface area contributed by atoms with Gasteiger partial charge in [0.15, 0.2) is 0 Å². The highest BCUT2D eigenvalue weighted by Crippen LogP contribution is 1.69. The van der Waals surface area contributed by atoms with Gasteiger partial charge in [-0.25, -0.2) is 0 Å². The maximum absolute atomic E-state index is 8.35. The lowest BCUT2D eigenvalue weighted by Gasteiger charge is -1.94. The zero-order chi connectivity index (χ0) is 6.95. The summed E-state index contributed by atoms with van der Waals surface area (Å²) < 4.78 is 0. The van der Waals surface area contributed by atoms with Gasteiger partial charge in [0.2, 0.25) is 0 Å². The zero-order valence-electron chi connectivity index (χ0n) is 5.78. The predicted molar refractivity (Wildman–Crippen MR) is 38.0 cm³/mol. The number of aliphatic hydroxyl groups excluding tert-OH is 1. The minimum absolute atomic E-state index is 0.257. The van der Waals surface area contributed by atoms with Crippen LogP contribution in [0.4, 0.5) is 0 Å². The van der Waals surface area contributed by atoms with E-state index in [1.165, 1.54) is 0 Å². The van der Waals surface area contributed by atoms with Crippen LogP contribution < -0.4 is 5.32 Å². The molecule has 0 unspecified atom stereocenters. The van der Waals surface area contributed by atoms with Gasteiger partial charge in [-0.3, -0.25) is 0 Å². The first-order chi connectivity index (χ1) is 4.41. The Morgan fingerprint density at radius 3 is 2.89 bits per heavy atom. The first-order valence-electron chi connectivity index (χ1n) is 3.13. The van der Waals surface area contributed by atoms with Crippen molar-refractivity contribution in [1.29, 1.82) is 0 Å². The smallest absolute Gasteiger partial charge is 0.0576 e. The van der Waals surface area contributed by atoms with E-state index in [-0.39, 0.29) is 6.61 Å². The quantitative estimate of drug-likeness (QED) is 0.411. The van der Waals surface area contributed by atoms with E-state index < -0.39 is 0 Å². The Hall–Kier alpha value is -0.520. The van der Waals surface area contributed by atoms with E-state index in [9.17, 15) is 0 Å². The highest BCUT2D eigenvalue weighted by atomic mass is 16.3. The monoisotopic (exact) mass is 127 g/mol. The summed E-state index contributed by atoms with van der Waals surface area (Å²) >= 11 is 0. The molecule has 0 radical (unpaired) electrons. The van der Waals surface area contributed by atoms with Gasteiger partial charge in [0, 0.05) is 6.61 Å². The van der Waals surface area contributed by atoms with Crippen molar-refractivity contribution in [2.45, 2.75) is 13.3 Å². The molecule has 0 saturated heterocycles. The third kappa shape index (κ3) is 7.48. The van der Waals surface area contributed by atoms with Gasteiger partial charge in [-0.15, -0.1) is 5.92 Å². The molecule has 9 heavy (non-hydrogen) atoms. The van der Waals surface area contributed by atoms with E-state index in [0.29, 0.717) is 0 Å². The van der Waals surface area contributed by atoms with Gasteiger partial charge in [-0.1, -0.05) is 5.92 Å². The van der Waals surface area contributed by atoms with E-state index in [2.05, 4.69) is 17.2 Å². The molecule has 0 aliphatic rings. The molecule has 0 fully saturated rings. The lowest BCUT2D eigenvalue weighted by Crippen LogP contribution is -2.16. The molecule has 0 aromatic carbocycles. The standard InChI is InChI=1S/C7H13NO/c1-2-3-5-8-6-4-7-9/h8-9H,4-7H2,1H3. The third-order valence-electron chi connectivity index (χ3n) is 0.902. The maximum Gasteiger partial charge on any atom is 0.0576 e. The van der Waals surface area contributed by atoms with Crippen LogP contribution in [0, 0.1) is 11.8 Å². The molecular formula is C7H13NO. The van der Waals surface area contributed by atoms with Crippen LogP contribution >= 0.6 is 0 Å². The van der Waals surface area contributed by atoms with Crippen LogP contribution in [-0.2, 0) is 0 Å². The fraction of sp³-hybridized carbons (Fsp3) is 0.714. The Bertz CT molecular complexity index is 101. The second kappa shape index (κ2) is 7.48. The Labute approximate surface area is 56.3 Å². The molecule has 2 nitrogen and oxygen atoms in total. The highest BCUT2D eigenvalue weighted by molar-refractivity contribution is 4.96. The fourth-order valence-electron chi connectivity index (χ4n) is 0.443. The molecule has 0 amide bonds. The van der Waals surface area contributed by atoms with Crippen molar-refractivity contribution in [2.24, 2.45) is 0 Å². The van der Waals surface area contributed by atoms with Crippen LogP contribution in [0.1, 0.15) is 13.3 Å². The normalized spacial score (nSPS) is 8.22. The number of hydrogen-bond donors (Lipinski definition) is 2. The predicted octanol–water partition coefficient (Wildman–Crippen LogP) is -0.0183. The summed E-state index contributed by atoms with van der Waals surface area (Å²) in [6, 6.07) is 0. The second-order valence-corrected chi connectivity index (χ2v) is 1.68. The molecule has 0 aliphatic carbocycles. The lowest BCUT2D eigenvalue weighted by molar-refractivity contribution is 0.287. The molecule has 52 valence electrons. The van der Waals surface area contributed by atoms with Crippen LogP contribution in [0.2, 0.25) is 0 Å². The molecule has 0 rings (SSSR count). The van der Waals surface area contributed by atoms with Gasteiger partial charge in [-0.05, 0) is 19.9 Å². The molecule has 0 atom stereocenters. The molecule has 0 aromatic heterocycles. The molecule has 0 aliphatic heterocycles. The van der Waals surface area contributed by atoms with Crippen molar-refractivity contribution in [3.63, 3.8) is 0 Å². The Kier molecular flexibility index (Phi) is 7.05. The van der Waals surface area contributed by atoms with E-state index in [1.807, 2.05) is 6.92 Å². The minimum Gasteiger partial charge on any atom is -0.396 e. The van der Waals surface area contributed by atoms with Crippen LogP contribution in [0.25, 0.3) is 0 Å². The summed E-state index contributed by atoms with van der Waals surface area (Å²) in [6.45, 7) is 3.65. The van der Waals surface area contributed by atoms with Crippen molar-refractivity contribution in [2.75, 3.05) is 19.7 Å². The number of nitrogens with one attached hydrogen (secondary N) is 1. The first-order valence-corrected chi connectivity index (χ1v) is 3.13. The highest BCUT2D eigenvalue weighted by Gasteiger charge is 1.80. The molecule has 0 bridgehead atoms. The van der Waals surface area contributed by atoms with Gasteiger partial charge in [0.25, 0.3) is 0 Å². The second-order valence-electron chi connectivity index (χ2n) is 1.68. The van der Waals surface area contributed by atoms with E-state index in [1.54, 1.807) is 0 Å². The van der Waals surface area contributed by atoms with E-state index in [4.69, 9.17) is 5.11 Å². The molecule has 2 heteroatoms. The van der Waals surface area contributed by atoms with E-state index in [0.717, 1.165) is 19.5 Å². The topological polar surface area (TPSA) is 32.3 Å². The van der Waals surface area contributed by atoms with Gasteiger partial charge >= 0.3 is 0 Å². The van der Waals surface area contributed by atoms with E-state index >= 15 is 0 Å². The molecule has 0 saturated carbocycles. The summed E-state index contributed by atoms with van der Waals surface area (Å²) in [7, 11) is 0. The summed E-state index contributed by atoms with van der Waals surface area (Å²) in [6.07, 6.45) is 0.811. The number of rotatable bonds is 4. The summed E-state index contributed by atoms with van der Waals surface area (Å²) in [5, 5.41) is 11.4. The average molecular weight is 127 g/mol. The average Bonchev–Trinajstić information content (AvgIpc) is 1.89. The molecule has 0 heterocycles. The van der Waals surface area contributed by atoms with Crippen molar-refractivity contribution < 1.29 is 5.11 Å². The largest absolute Gasteiger partial charge is 0.396 e. The van der Waals surface area contributed by atoms with Crippen molar-refractivity contribution >= 4 is 0 Å². The zero-order valence-corrected chi connectivity index (χ0v) is 5.78. The maximum atomic E-state index is 8.35. The third-order valence-corrected chi connectivity index (χ3v) is 0.902.